The maximum Gasteiger partial charge on any atom is 0.115 e. The van der Waals surface area contributed by atoms with Crippen molar-refractivity contribution in [3.8, 4) is 5.75 Å². The summed E-state index contributed by atoms with van der Waals surface area (Å²) in [5.41, 5.74) is 2.46. The third-order valence-corrected chi connectivity index (χ3v) is 2.81. The van der Waals surface area contributed by atoms with Crippen LogP contribution in [0.2, 0.25) is 0 Å². The molecule has 24 heavy (non-hydrogen) atoms. The maximum absolute atomic E-state index is 8.85. The van der Waals surface area contributed by atoms with Gasteiger partial charge in [0.15, 0.2) is 0 Å². The topological polar surface area (TPSA) is 36.0 Å². The van der Waals surface area contributed by atoms with E-state index in [2.05, 4.69) is 30.1 Å². The minimum absolute atomic E-state index is 0.340. The summed E-state index contributed by atoms with van der Waals surface area (Å²) in [6, 6.07) is 17.5. The lowest BCUT2D eigenvalue weighted by Crippen LogP contribution is -1.75. The van der Waals surface area contributed by atoms with Crippen LogP contribution in [0.4, 0.5) is 0 Å². The van der Waals surface area contributed by atoms with Crippen molar-refractivity contribution >= 4 is 10.9 Å². The molecule has 2 heteroatoms. The number of aromatic nitrogens is 1. The summed E-state index contributed by atoms with van der Waals surface area (Å²) in [5, 5.41) is 10.1. The molecule has 0 spiro atoms. The summed E-state index contributed by atoms with van der Waals surface area (Å²) in [5.74, 6) is 0.340. The van der Waals surface area contributed by atoms with Gasteiger partial charge in [0.05, 0.1) is 0 Å². The first-order valence-electron chi connectivity index (χ1n) is 9.09. The summed E-state index contributed by atoms with van der Waals surface area (Å²) < 4.78 is 0. The predicted octanol–water partition coefficient (Wildman–Crippen LogP) is 7.20. The highest BCUT2D eigenvalue weighted by Crippen LogP contribution is 2.09. The molecule has 0 bridgehead atoms. The van der Waals surface area contributed by atoms with Crippen molar-refractivity contribution in [2.24, 2.45) is 0 Å². The predicted molar refractivity (Wildman–Crippen MR) is 110 cm³/mol. The number of hydrogen-bond acceptors (Lipinski definition) is 1. The summed E-state index contributed by atoms with van der Waals surface area (Å²) in [7, 11) is 0. The second-order valence-corrected chi connectivity index (χ2v) is 4.08. The van der Waals surface area contributed by atoms with Crippen LogP contribution in [0.25, 0.3) is 10.9 Å². The van der Waals surface area contributed by atoms with Crippen molar-refractivity contribution in [3.05, 3.63) is 66.4 Å². The first-order valence-corrected chi connectivity index (χ1v) is 9.09. The summed E-state index contributed by atoms with van der Waals surface area (Å²) >= 11 is 0. The Bertz CT molecular complexity index is 566. The van der Waals surface area contributed by atoms with Crippen LogP contribution in [-0.4, -0.2) is 10.1 Å². The van der Waals surface area contributed by atoms with Crippen molar-refractivity contribution in [2.45, 2.75) is 54.9 Å². The Morgan fingerprint density at radius 1 is 0.750 bits per heavy atom. The average Bonchev–Trinajstić information content (AvgIpc) is 3.17. The minimum Gasteiger partial charge on any atom is -0.508 e. The molecule has 0 aliphatic carbocycles. The van der Waals surface area contributed by atoms with Crippen LogP contribution in [0, 0.1) is 0 Å². The second-order valence-electron chi connectivity index (χ2n) is 4.08. The van der Waals surface area contributed by atoms with Crippen LogP contribution in [-0.2, 0) is 6.42 Å². The van der Waals surface area contributed by atoms with E-state index in [0.29, 0.717) is 5.75 Å². The van der Waals surface area contributed by atoms with Gasteiger partial charge < -0.3 is 10.1 Å². The van der Waals surface area contributed by atoms with Gasteiger partial charge in [-0.2, -0.15) is 0 Å². The molecule has 0 fully saturated rings. The quantitative estimate of drug-likeness (QED) is 0.486. The minimum atomic E-state index is 0.340. The SMILES string of the molecule is CC.CC.CC.CCc1ccc(O)cc1.c1ccc2[nH]ccc2c1. The van der Waals surface area contributed by atoms with E-state index in [1.165, 1.54) is 16.5 Å². The molecule has 0 aliphatic heterocycles. The van der Waals surface area contributed by atoms with E-state index in [1.807, 2.05) is 72.0 Å². The normalized spacial score (nSPS) is 8.12. The summed E-state index contributed by atoms with van der Waals surface area (Å²) in [6.45, 7) is 14.1. The smallest absolute Gasteiger partial charge is 0.115 e. The van der Waals surface area contributed by atoms with E-state index in [1.54, 1.807) is 12.1 Å². The lowest BCUT2D eigenvalue weighted by atomic mass is 10.2. The lowest BCUT2D eigenvalue weighted by Gasteiger charge is -1.93. The molecule has 0 saturated heterocycles. The van der Waals surface area contributed by atoms with Crippen LogP contribution >= 0.6 is 0 Å². The Balaban J connectivity index is 0. The number of aryl methyl sites for hydroxylation is 1. The van der Waals surface area contributed by atoms with Crippen molar-refractivity contribution < 1.29 is 5.11 Å². The Labute approximate surface area is 148 Å². The number of benzene rings is 2. The third kappa shape index (κ3) is 9.73. The second kappa shape index (κ2) is 17.1. The van der Waals surface area contributed by atoms with Gasteiger partial charge in [-0.15, -0.1) is 0 Å². The van der Waals surface area contributed by atoms with E-state index in [4.69, 9.17) is 5.11 Å². The van der Waals surface area contributed by atoms with Crippen LogP contribution in [0.1, 0.15) is 54.0 Å². The van der Waals surface area contributed by atoms with Gasteiger partial charge in [-0.1, -0.05) is 78.8 Å². The standard InChI is InChI=1S/C8H7N.C8H10O.3C2H6/c1-2-4-8-7(3-1)5-6-9-8;1-2-7-3-5-8(9)6-4-7;3*1-2/h1-6,9H;3-6,9H,2H2,1H3;3*1-2H3. The zero-order chi connectivity index (χ0) is 18.8. The molecule has 0 aliphatic rings. The van der Waals surface area contributed by atoms with E-state index in [0.717, 1.165) is 6.42 Å². The number of para-hydroxylation sites is 1. The number of phenolic OH excluding ortho intramolecular Hbond substituents is 1. The molecule has 2 N–H and O–H groups in total. The fraction of sp³-hybridized carbons (Fsp3) is 0.364. The molecule has 1 aromatic heterocycles. The highest BCUT2D eigenvalue weighted by atomic mass is 16.3. The Morgan fingerprint density at radius 3 is 1.79 bits per heavy atom. The van der Waals surface area contributed by atoms with Gasteiger partial charge in [0.1, 0.15) is 5.75 Å². The number of aromatic hydroxyl groups is 1. The molecule has 2 nitrogen and oxygen atoms in total. The fourth-order valence-electron chi connectivity index (χ4n) is 1.73. The van der Waals surface area contributed by atoms with Crippen molar-refractivity contribution in [3.63, 3.8) is 0 Å². The Morgan fingerprint density at radius 2 is 1.29 bits per heavy atom. The lowest BCUT2D eigenvalue weighted by molar-refractivity contribution is 0.475. The third-order valence-electron chi connectivity index (χ3n) is 2.81. The molecular formula is C22H35NO. The van der Waals surface area contributed by atoms with Gasteiger partial charge in [-0.25, -0.2) is 0 Å². The molecule has 0 amide bonds. The number of fused-ring (bicyclic) bond motifs is 1. The molecule has 0 atom stereocenters. The first-order chi connectivity index (χ1) is 11.8. The van der Waals surface area contributed by atoms with Crippen LogP contribution in [0.15, 0.2) is 60.8 Å². The molecule has 1 heterocycles. The van der Waals surface area contributed by atoms with E-state index >= 15 is 0 Å². The zero-order valence-corrected chi connectivity index (χ0v) is 16.4. The first kappa shape index (κ1) is 24.0. The molecule has 2 aromatic carbocycles. The zero-order valence-electron chi connectivity index (χ0n) is 16.4. The highest BCUT2D eigenvalue weighted by molar-refractivity contribution is 5.78. The molecule has 0 unspecified atom stereocenters. The molecule has 0 saturated carbocycles. The molecular weight excluding hydrogens is 294 g/mol. The van der Waals surface area contributed by atoms with Crippen LogP contribution < -0.4 is 0 Å². The fourth-order valence-corrected chi connectivity index (χ4v) is 1.73. The monoisotopic (exact) mass is 329 g/mol. The largest absolute Gasteiger partial charge is 0.508 e. The average molecular weight is 330 g/mol. The van der Waals surface area contributed by atoms with E-state index in [-0.39, 0.29) is 0 Å². The van der Waals surface area contributed by atoms with Crippen LogP contribution in [0.5, 0.6) is 5.75 Å². The molecule has 134 valence electrons. The van der Waals surface area contributed by atoms with Crippen molar-refractivity contribution in [2.75, 3.05) is 0 Å². The number of phenols is 1. The number of rotatable bonds is 1. The van der Waals surface area contributed by atoms with Crippen LogP contribution in [0.3, 0.4) is 0 Å². The van der Waals surface area contributed by atoms with Gasteiger partial charge in [-0.3, -0.25) is 0 Å². The highest BCUT2D eigenvalue weighted by Gasteiger charge is 1.87. The molecule has 3 rings (SSSR count). The van der Waals surface area contributed by atoms with Gasteiger partial charge in [0.25, 0.3) is 0 Å². The summed E-state index contributed by atoms with van der Waals surface area (Å²) in [4.78, 5) is 3.12. The van der Waals surface area contributed by atoms with Crippen molar-refractivity contribution in [1.29, 1.82) is 0 Å². The number of hydrogen-bond donors (Lipinski definition) is 2. The van der Waals surface area contributed by atoms with E-state index in [9.17, 15) is 0 Å². The molecule has 3 aromatic rings. The Hall–Kier alpha value is -2.22. The van der Waals surface area contributed by atoms with Gasteiger partial charge in [-0.05, 0) is 41.6 Å². The van der Waals surface area contributed by atoms with E-state index < -0.39 is 0 Å². The van der Waals surface area contributed by atoms with Gasteiger partial charge >= 0.3 is 0 Å². The number of H-pyrrole nitrogens is 1. The summed E-state index contributed by atoms with van der Waals surface area (Å²) in [6.07, 6.45) is 2.98. The molecule has 0 radical (unpaired) electrons. The van der Waals surface area contributed by atoms with Gasteiger partial charge in [0.2, 0.25) is 0 Å². The van der Waals surface area contributed by atoms with Gasteiger partial charge in [0, 0.05) is 11.7 Å². The Kier molecular flexibility index (Phi) is 17.2. The number of aromatic amines is 1. The van der Waals surface area contributed by atoms with Crippen molar-refractivity contribution in [1.82, 2.24) is 4.98 Å². The maximum atomic E-state index is 8.85. The number of nitrogens with one attached hydrogen (secondary N) is 1.